The molecule has 0 aliphatic rings. The van der Waals surface area contributed by atoms with Crippen molar-refractivity contribution in [1.29, 1.82) is 0 Å². The van der Waals surface area contributed by atoms with Crippen LogP contribution in [0.5, 0.6) is 5.75 Å². The molecule has 0 spiro atoms. The van der Waals surface area contributed by atoms with Crippen molar-refractivity contribution in [3.8, 4) is 5.75 Å². The molecule has 0 bridgehead atoms. The summed E-state index contributed by atoms with van der Waals surface area (Å²) in [6.45, 7) is 3.52. The molecular formula is C13H16F3NO2. The Hall–Kier alpha value is -1.56. The van der Waals surface area contributed by atoms with Gasteiger partial charge in [-0.05, 0) is 25.0 Å². The minimum absolute atomic E-state index is 0.118. The van der Waals surface area contributed by atoms with Crippen LogP contribution >= 0.6 is 0 Å². The van der Waals surface area contributed by atoms with Crippen LogP contribution in [0.3, 0.4) is 0 Å². The van der Waals surface area contributed by atoms with Gasteiger partial charge in [0.25, 0.3) is 0 Å². The van der Waals surface area contributed by atoms with Gasteiger partial charge in [-0.15, -0.1) is 13.2 Å². The van der Waals surface area contributed by atoms with Crippen LogP contribution in [0.15, 0.2) is 24.3 Å². The van der Waals surface area contributed by atoms with E-state index in [1.165, 1.54) is 12.1 Å². The van der Waals surface area contributed by atoms with Crippen molar-refractivity contribution in [1.82, 2.24) is 0 Å². The summed E-state index contributed by atoms with van der Waals surface area (Å²) >= 11 is 0. The molecule has 0 aliphatic heterocycles. The third-order valence-electron chi connectivity index (χ3n) is 3.04. The maximum absolute atomic E-state index is 12.2. The third-order valence-corrected chi connectivity index (χ3v) is 3.04. The molecule has 0 aromatic heterocycles. The first kappa shape index (κ1) is 15.5. The molecule has 0 saturated carbocycles. The lowest BCUT2D eigenvalue weighted by atomic mass is 9.85. The minimum atomic E-state index is -4.78. The van der Waals surface area contributed by atoms with E-state index in [2.05, 4.69) is 4.74 Å². The van der Waals surface area contributed by atoms with Crippen molar-refractivity contribution in [2.24, 2.45) is 5.73 Å². The number of rotatable bonds is 5. The van der Waals surface area contributed by atoms with Gasteiger partial charge in [0, 0.05) is 5.56 Å². The van der Waals surface area contributed by atoms with Crippen LogP contribution in [0.1, 0.15) is 37.0 Å². The molecule has 2 N–H and O–H groups in total. The van der Waals surface area contributed by atoms with Crippen LogP contribution in [-0.2, 0) is 0 Å². The first-order chi connectivity index (χ1) is 8.72. The quantitative estimate of drug-likeness (QED) is 0.839. The number of halogens is 3. The maximum atomic E-state index is 12.2. The van der Waals surface area contributed by atoms with Gasteiger partial charge in [0.15, 0.2) is 5.78 Å². The van der Waals surface area contributed by atoms with E-state index in [-0.39, 0.29) is 11.3 Å². The molecule has 6 heteroatoms. The zero-order chi connectivity index (χ0) is 14.7. The normalized spacial score (nSPS) is 12.3. The number of hydrogen-bond acceptors (Lipinski definition) is 3. The van der Waals surface area contributed by atoms with Gasteiger partial charge in [-0.25, -0.2) is 0 Å². The zero-order valence-corrected chi connectivity index (χ0v) is 10.8. The molecule has 106 valence electrons. The first-order valence-electron chi connectivity index (χ1n) is 5.91. The number of nitrogens with two attached hydrogens (primary N) is 1. The smallest absolute Gasteiger partial charge is 0.406 e. The second-order valence-electron chi connectivity index (χ2n) is 4.27. The molecule has 0 aliphatic carbocycles. The van der Waals surface area contributed by atoms with E-state index in [0.717, 1.165) is 12.1 Å². The largest absolute Gasteiger partial charge is 0.573 e. The van der Waals surface area contributed by atoms with Crippen LogP contribution in [0, 0.1) is 0 Å². The molecule has 0 heterocycles. The Morgan fingerprint density at radius 3 is 2.32 bits per heavy atom. The van der Waals surface area contributed by atoms with Gasteiger partial charge in [0.1, 0.15) is 5.75 Å². The fourth-order valence-electron chi connectivity index (χ4n) is 1.69. The maximum Gasteiger partial charge on any atom is 0.573 e. The Kier molecular flexibility index (Phi) is 4.57. The lowest BCUT2D eigenvalue weighted by Gasteiger charge is -2.25. The fourth-order valence-corrected chi connectivity index (χ4v) is 1.69. The van der Waals surface area contributed by atoms with Crippen molar-refractivity contribution >= 4 is 5.78 Å². The predicted molar refractivity (Wildman–Crippen MR) is 65.0 cm³/mol. The van der Waals surface area contributed by atoms with E-state index in [0.29, 0.717) is 12.8 Å². The SMILES string of the molecule is CCC(N)(CC)C(=O)c1cccc(OC(F)(F)F)c1. The van der Waals surface area contributed by atoms with E-state index >= 15 is 0 Å². The number of ether oxygens (including phenoxy) is 1. The zero-order valence-electron chi connectivity index (χ0n) is 10.8. The second kappa shape index (κ2) is 5.61. The number of carbonyl (C=O) groups is 1. The van der Waals surface area contributed by atoms with E-state index < -0.39 is 17.7 Å². The number of benzene rings is 1. The molecular weight excluding hydrogens is 259 g/mol. The topological polar surface area (TPSA) is 52.3 Å². The highest BCUT2D eigenvalue weighted by Gasteiger charge is 2.33. The van der Waals surface area contributed by atoms with Crippen LogP contribution in [0.2, 0.25) is 0 Å². The summed E-state index contributed by atoms with van der Waals surface area (Å²) in [6.07, 6.45) is -3.96. The Morgan fingerprint density at radius 2 is 1.84 bits per heavy atom. The summed E-state index contributed by atoms with van der Waals surface area (Å²) in [5.41, 5.74) is 5.00. The molecule has 0 amide bonds. The highest BCUT2D eigenvalue weighted by atomic mass is 19.4. The van der Waals surface area contributed by atoms with E-state index in [1.807, 2.05) is 0 Å². The molecule has 0 atom stereocenters. The van der Waals surface area contributed by atoms with Crippen molar-refractivity contribution in [3.05, 3.63) is 29.8 Å². The van der Waals surface area contributed by atoms with Gasteiger partial charge < -0.3 is 10.5 Å². The van der Waals surface area contributed by atoms with Crippen LogP contribution in [0.4, 0.5) is 13.2 Å². The second-order valence-corrected chi connectivity index (χ2v) is 4.27. The van der Waals surface area contributed by atoms with Crippen LogP contribution in [-0.4, -0.2) is 17.7 Å². The Balaban J connectivity index is 3.03. The summed E-state index contributed by atoms with van der Waals surface area (Å²) in [5, 5.41) is 0. The van der Waals surface area contributed by atoms with Gasteiger partial charge in [-0.2, -0.15) is 0 Å². The van der Waals surface area contributed by atoms with Gasteiger partial charge in [-0.1, -0.05) is 26.0 Å². The number of Topliss-reactive ketones (excluding diaryl/α,β-unsaturated/α-hetero) is 1. The monoisotopic (exact) mass is 275 g/mol. The Bertz CT molecular complexity index is 453. The molecule has 19 heavy (non-hydrogen) atoms. The van der Waals surface area contributed by atoms with Crippen molar-refractivity contribution in [2.75, 3.05) is 0 Å². The number of carbonyl (C=O) groups excluding carboxylic acids is 1. The highest BCUT2D eigenvalue weighted by molar-refractivity contribution is 6.03. The summed E-state index contributed by atoms with van der Waals surface area (Å²) in [7, 11) is 0. The molecule has 0 unspecified atom stereocenters. The van der Waals surface area contributed by atoms with Crippen molar-refractivity contribution in [2.45, 2.75) is 38.6 Å². The van der Waals surface area contributed by atoms with Gasteiger partial charge in [0.05, 0.1) is 5.54 Å². The minimum Gasteiger partial charge on any atom is -0.406 e. The van der Waals surface area contributed by atoms with Gasteiger partial charge in [0.2, 0.25) is 0 Å². The lowest BCUT2D eigenvalue weighted by molar-refractivity contribution is -0.274. The van der Waals surface area contributed by atoms with Crippen molar-refractivity contribution in [3.63, 3.8) is 0 Å². The summed E-state index contributed by atoms with van der Waals surface area (Å²) in [5.74, 6) is -0.807. The number of ketones is 1. The molecule has 0 fully saturated rings. The molecule has 0 saturated heterocycles. The van der Waals surface area contributed by atoms with Gasteiger partial charge in [-0.3, -0.25) is 4.79 Å². The van der Waals surface area contributed by atoms with E-state index in [9.17, 15) is 18.0 Å². The summed E-state index contributed by atoms with van der Waals surface area (Å²) in [4.78, 5) is 12.2. The molecule has 1 aromatic rings. The predicted octanol–water partition coefficient (Wildman–Crippen LogP) is 3.29. The lowest BCUT2D eigenvalue weighted by Crippen LogP contribution is -2.46. The fraction of sp³-hybridized carbons (Fsp3) is 0.462. The first-order valence-corrected chi connectivity index (χ1v) is 5.91. The highest BCUT2D eigenvalue weighted by Crippen LogP contribution is 2.25. The summed E-state index contributed by atoms with van der Waals surface area (Å²) < 4.78 is 40.1. The Labute approximate surface area is 109 Å². The standard InChI is InChI=1S/C13H16F3NO2/c1-3-12(17,4-2)11(18)9-6-5-7-10(8-9)19-13(14,15)16/h5-8H,3-4,17H2,1-2H3. The van der Waals surface area contributed by atoms with Gasteiger partial charge >= 0.3 is 6.36 Å². The molecule has 3 nitrogen and oxygen atoms in total. The van der Waals surface area contributed by atoms with Crippen LogP contribution in [0.25, 0.3) is 0 Å². The van der Waals surface area contributed by atoms with Crippen LogP contribution < -0.4 is 10.5 Å². The van der Waals surface area contributed by atoms with Crippen molar-refractivity contribution < 1.29 is 22.7 Å². The molecule has 0 radical (unpaired) electrons. The molecule has 1 aromatic carbocycles. The van der Waals surface area contributed by atoms with E-state index in [4.69, 9.17) is 5.73 Å². The number of alkyl halides is 3. The third kappa shape index (κ3) is 3.96. The average Bonchev–Trinajstić information content (AvgIpc) is 2.35. The summed E-state index contributed by atoms with van der Waals surface area (Å²) in [6, 6.07) is 4.96. The average molecular weight is 275 g/mol. The molecule has 1 rings (SSSR count). The number of hydrogen-bond donors (Lipinski definition) is 1. The van der Waals surface area contributed by atoms with E-state index in [1.54, 1.807) is 13.8 Å². The Morgan fingerprint density at radius 1 is 1.26 bits per heavy atom.